The summed E-state index contributed by atoms with van der Waals surface area (Å²) in [5.41, 5.74) is 2.48. The van der Waals surface area contributed by atoms with E-state index in [0.29, 0.717) is 10.6 Å². The molecule has 1 aliphatic heterocycles. The fourth-order valence-corrected chi connectivity index (χ4v) is 3.81. The lowest BCUT2D eigenvalue weighted by Crippen LogP contribution is -2.43. The second-order valence-electron chi connectivity index (χ2n) is 7.13. The quantitative estimate of drug-likeness (QED) is 0.734. The minimum atomic E-state index is -0.0366. The number of piperidine rings is 1. The minimum absolute atomic E-state index is 0.0366. The molecule has 1 aliphatic rings. The Bertz CT molecular complexity index is 966. The summed E-state index contributed by atoms with van der Waals surface area (Å²) in [6.45, 7) is 2.03. The zero-order valence-electron chi connectivity index (χ0n) is 15.3. The fraction of sp³-hybridized carbons (Fsp3) is 0.273. The molecule has 0 spiro atoms. The van der Waals surface area contributed by atoms with Crippen LogP contribution < -0.4 is 5.32 Å². The van der Waals surface area contributed by atoms with Gasteiger partial charge in [-0.05, 0) is 45.1 Å². The van der Waals surface area contributed by atoms with Crippen LogP contribution in [0.2, 0.25) is 5.02 Å². The van der Waals surface area contributed by atoms with Crippen LogP contribution in [-0.2, 0) is 0 Å². The van der Waals surface area contributed by atoms with Crippen molar-refractivity contribution in [3.05, 3.63) is 65.3 Å². The maximum Gasteiger partial charge on any atom is 0.251 e. The lowest BCUT2D eigenvalue weighted by atomic mass is 10.0. The van der Waals surface area contributed by atoms with Crippen molar-refractivity contribution in [1.82, 2.24) is 15.2 Å². The zero-order chi connectivity index (χ0) is 18.8. The zero-order valence-corrected chi connectivity index (χ0v) is 16.0. The molecule has 0 aliphatic carbocycles. The molecule has 0 bridgehead atoms. The fourth-order valence-electron chi connectivity index (χ4n) is 3.60. The summed E-state index contributed by atoms with van der Waals surface area (Å²) in [6.07, 6.45) is 3.64. The number of carbonyl (C=O) groups is 1. The summed E-state index contributed by atoms with van der Waals surface area (Å²) in [5, 5.41) is 5.56. The number of benzene rings is 2. The predicted octanol–water partition coefficient (Wildman–Crippen LogP) is 4.38. The Morgan fingerprint density at radius 1 is 1.11 bits per heavy atom. The van der Waals surface area contributed by atoms with Gasteiger partial charge >= 0.3 is 0 Å². The molecular weight excluding hydrogens is 358 g/mol. The molecular formula is C22H22ClN3O. The second-order valence-corrected chi connectivity index (χ2v) is 7.54. The number of rotatable bonds is 3. The van der Waals surface area contributed by atoms with Crippen molar-refractivity contribution in [2.75, 3.05) is 20.1 Å². The van der Waals surface area contributed by atoms with Gasteiger partial charge in [0.1, 0.15) is 0 Å². The number of nitrogens with one attached hydrogen (secondary N) is 1. The standard InChI is InChI=1S/C22H22ClN3O/c1-26-11-9-17(10-12-26)25-22(27)16-7-8-18-19(13-16)21(24-14-20(18)23)15-5-3-2-4-6-15/h2-8,13-14,17H,9-12H2,1H3,(H,25,27). The predicted molar refractivity (Wildman–Crippen MR) is 110 cm³/mol. The van der Waals surface area contributed by atoms with E-state index in [1.165, 1.54) is 0 Å². The van der Waals surface area contributed by atoms with E-state index in [1.807, 2.05) is 48.5 Å². The Morgan fingerprint density at radius 3 is 2.59 bits per heavy atom. The molecule has 1 fully saturated rings. The third-order valence-electron chi connectivity index (χ3n) is 5.20. The summed E-state index contributed by atoms with van der Waals surface area (Å²) in [7, 11) is 2.11. The SMILES string of the molecule is CN1CCC(NC(=O)c2ccc3c(Cl)cnc(-c4ccccc4)c3c2)CC1. The van der Waals surface area contributed by atoms with Crippen LogP contribution in [0.15, 0.2) is 54.7 Å². The first kappa shape index (κ1) is 18.0. The van der Waals surface area contributed by atoms with Crippen LogP contribution >= 0.6 is 11.6 Å². The van der Waals surface area contributed by atoms with Gasteiger partial charge in [-0.15, -0.1) is 0 Å². The third-order valence-corrected chi connectivity index (χ3v) is 5.50. The number of fused-ring (bicyclic) bond motifs is 1. The number of nitrogens with zero attached hydrogens (tertiary/aromatic N) is 2. The number of amides is 1. The van der Waals surface area contributed by atoms with Gasteiger partial charge in [0.25, 0.3) is 5.91 Å². The van der Waals surface area contributed by atoms with E-state index in [-0.39, 0.29) is 11.9 Å². The van der Waals surface area contributed by atoms with E-state index < -0.39 is 0 Å². The molecule has 0 saturated carbocycles. The number of aromatic nitrogens is 1. The van der Waals surface area contributed by atoms with E-state index >= 15 is 0 Å². The number of hydrogen-bond acceptors (Lipinski definition) is 3. The topological polar surface area (TPSA) is 45.2 Å². The first-order chi connectivity index (χ1) is 13.1. The highest BCUT2D eigenvalue weighted by Crippen LogP contribution is 2.31. The molecule has 1 aromatic heterocycles. The van der Waals surface area contributed by atoms with E-state index in [0.717, 1.165) is 48.0 Å². The van der Waals surface area contributed by atoms with Gasteiger partial charge in [-0.3, -0.25) is 9.78 Å². The molecule has 1 N–H and O–H groups in total. The van der Waals surface area contributed by atoms with Gasteiger partial charge in [0.2, 0.25) is 0 Å². The summed E-state index contributed by atoms with van der Waals surface area (Å²) >= 11 is 6.35. The average molecular weight is 380 g/mol. The number of carbonyl (C=O) groups excluding carboxylic acids is 1. The Balaban J connectivity index is 1.67. The summed E-state index contributed by atoms with van der Waals surface area (Å²) < 4.78 is 0. The van der Waals surface area contributed by atoms with Gasteiger partial charge in [0, 0.05) is 34.1 Å². The highest BCUT2D eigenvalue weighted by molar-refractivity contribution is 6.35. The van der Waals surface area contributed by atoms with E-state index in [1.54, 1.807) is 6.20 Å². The Hall–Kier alpha value is -2.43. The maximum absolute atomic E-state index is 12.8. The summed E-state index contributed by atoms with van der Waals surface area (Å²) in [5.74, 6) is -0.0366. The van der Waals surface area contributed by atoms with Gasteiger partial charge in [-0.25, -0.2) is 0 Å². The largest absolute Gasteiger partial charge is 0.349 e. The number of pyridine rings is 1. The minimum Gasteiger partial charge on any atom is -0.349 e. The Morgan fingerprint density at radius 2 is 1.85 bits per heavy atom. The van der Waals surface area contributed by atoms with E-state index in [2.05, 4.69) is 22.2 Å². The van der Waals surface area contributed by atoms with E-state index in [9.17, 15) is 4.79 Å². The molecule has 138 valence electrons. The van der Waals surface area contributed by atoms with Gasteiger partial charge in [-0.2, -0.15) is 0 Å². The molecule has 0 radical (unpaired) electrons. The number of halogens is 1. The molecule has 0 atom stereocenters. The second kappa shape index (κ2) is 7.67. The van der Waals surface area contributed by atoms with Crippen molar-refractivity contribution < 1.29 is 4.79 Å². The van der Waals surface area contributed by atoms with Crippen LogP contribution in [0.3, 0.4) is 0 Å². The smallest absolute Gasteiger partial charge is 0.251 e. The first-order valence-electron chi connectivity index (χ1n) is 9.25. The molecule has 4 rings (SSSR count). The summed E-state index contributed by atoms with van der Waals surface area (Å²) in [6, 6.07) is 15.9. The van der Waals surface area contributed by atoms with Crippen molar-refractivity contribution in [3.63, 3.8) is 0 Å². The molecule has 2 heterocycles. The van der Waals surface area contributed by atoms with Crippen molar-refractivity contribution in [1.29, 1.82) is 0 Å². The molecule has 1 amide bonds. The first-order valence-corrected chi connectivity index (χ1v) is 9.63. The average Bonchev–Trinajstić information content (AvgIpc) is 2.70. The molecule has 27 heavy (non-hydrogen) atoms. The monoisotopic (exact) mass is 379 g/mol. The van der Waals surface area contributed by atoms with Crippen LogP contribution in [0.4, 0.5) is 0 Å². The van der Waals surface area contributed by atoms with Crippen LogP contribution in [-0.4, -0.2) is 42.0 Å². The number of likely N-dealkylation sites (tertiary alicyclic amines) is 1. The third kappa shape index (κ3) is 3.82. The normalized spacial score (nSPS) is 15.8. The lowest BCUT2D eigenvalue weighted by Gasteiger charge is -2.29. The van der Waals surface area contributed by atoms with Gasteiger partial charge in [0.15, 0.2) is 0 Å². The van der Waals surface area contributed by atoms with Crippen LogP contribution in [0, 0.1) is 0 Å². The maximum atomic E-state index is 12.8. The Labute approximate surface area is 164 Å². The molecule has 2 aromatic carbocycles. The lowest BCUT2D eigenvalue weighted by molar-refractivity contribution is 0.0917. The van der Waals surface area contributed by atoms with Gasteiger partial charge in [0.05, 0.1) is 10.7 Å². The Kier molecular flexibility index (Phi) is 5.10. The van der Waals surface area contributed by atoms with Crippen LogP contribution in [0.25, 0.3) is 22.0 Å². The highest BCUT2D eigenvalue weighted by Gasteiger charge is 2.20. The molecule has 1 saturated heterocycles. The van der Waals surface area contributed by atoms with Crippen molar-refractivity contribution in [2.45, 2.75) is 18.9 Å². The van der Waals surface area contributed by atoms with Crippen LogP contribution in [0.5, 0.6) is 0 Å². The molecule has 3 aromatic rings. The van der Waals surface area contributed by atoms with Crippen LogP contribution in [0.1, 0.15) is 23.2 Å². The van der Waals surface area contributed by atoms with E-state index in [4.69, 9.17) is 11.6 Å². The van der Waals surface area contributed by atoms with Crippen molar-refractivity contribution in [2.24, 2.45) is 0 Å². The molecule has 5 heteroatoms. The summed E-state index contributed by atoms with van der Waals surface area (Å²) in [4.78, 5) is 19.6. The van der Waals surface area contributed by atoms with Gasteiger partial charge < -0.3 is 10.2 Å². The molecule has 0 unspecified atom stereocenters. The van der Waals surface area contributed by atoms with Crippen molar-refractivity contribution >= 4 is 28.3 Å². The molecule has 4 nitrogen and oxygen atoms in total. The van der Waals surface area contributed by atoms with Gasteiger partial charge in [-0.1, -0.05) is 48.0 Å². The number of hydrogen-bond donors (Lipinski definition) is 1. The van der Waals surface area contributed by atoms with Crippen molar-refractivity contribution in [3.8, 4) is 11.3 Å². The highest BCUT2D eigenvalue weighted by atomic mass is 35.5.